The van der Waals surface area contributed by atoms with Gasteiger partial charge in [-0.25, -0.2) is 0 Å². The number of carbonyl (C=O) groups is 2. The van der Waals surface area contributed by atoms with Crippen LogP contribution in [0.1, 0.15) is 59.2 Å². The van der Waals surface area contributed by atoms with Crippen LogP contribution in [0.25, 0.3) is 0 Å². The molecule has 33 heavy (non-hydrogen) atoms. The number of hydrogen-bond acceptors (Lipinski definition) is 3. The van der Waals surface area contributed by atoms with Crippen molar-refractivity contribution in [3.05, 3.63) is 94.8 Å². The summed E-state index contributed by atoms with van der Waals surface area (Å²) in [4.78, 5) is 32.3. The Labute approximate surface area is 194 Å². The van der Waals surface area contributed by atoms with E-state index < -0.39 is 0 Å². The van der Waals surface area contributed by atoms with E-state index in [1.165, 1.54) is 11.1 Å². The van der Waals surface area contributed by atoms with Gasteiger partial charge >= 0.3 is 0 Å². The van der Waals surface area contributed by atoms with Crippen molar-refractivity contribution in [1.29, 1.82) is 0 Å². The van der Waals surface area contributed by atoms with Crippen LogP contribution in [-0.2, 0) is 16.0 Å². The fourth-order valence-electron chi connectivity index (χ4n) is 5.16. The van der Waals surface area contributed by atoms with Crippen LogP contribution in [0.15, 0.2) is 66.7 Å². The zero-order valence-electron chi connectivity index (χ0n) is 19.0. The fraction of sp³-hybridized carbons (Fsp3) is 0.321. The molecule has 2 aromatic carbocycles. The van der Waals surface area contributed by atoms with E-state index in [2.05, 4.69) is 48.6 Å². The van der Waals surface area contributed by atoms with Gasteiger partial charge in [-0.15, -0.1) is 0 Å². The van der Waals surface area contributed by atoms with Gasteiger partial charge in [-0.05, 0) is 61.1 Å². The number of anilines is 1. The lowest BCUT2D eigenvalue weighted by Crippen LogP contribution is -2.42. The highest BCUT2D eigenvalue weighted by molar-refractivity contribution is 6.01. The smallest absolute Gasteiger partial charge is 0.230 e. The number of nitrogens with zero attached hydrogens (tertiary/aromatic N) is 2. The Hall–Kier alpha value is -3.47. The van der Waals surface area contributed by atoms with E-state index in [0.29, 0.717) is 19.0 Å². The standard InChI is InChI=1S/C28H29N3O2/c1-19-15-21(16-20-7-3-2-4-8-20)17-26(29-19)22-11-13-31(14-12-22)28(33)24-18-27(32)30-25-10-6-5-9-23(24)25/h2-10,15,17,22,24H,11-14,16,18H2,1H3,(H,30,32)/t24-/m1/s1. The van der Waals surface area contributed by atoms with Gasteiger partial charge in [0.25, 0.3) is 0 Å². The van der Waals surface area contributed by atoms with Gasteiger partial charge in [-0.1, -0.05) is 48.5 Å². The number of nitrogens with one attached hydrogen (secondary N) is 1. The fourth-order valence-corrected chi connectivity index (χ4v) is 5.16. The van der Waals surface area contributed by atoms with E-state index in [9.17, 15) is 9.59 Å². The van der Waals surface area contributed by atoms with Gasteiger partial charge < -0.3 is 10.2 Å². The molecule has 3 aromatic rings. The second-order valence-corrected chi connectivity index (χ2v) is 9.20. The van der Waals surface area contributed by atoms with Crippen molar-refractivity contribution in [2.24, 2.45) is 0 Å². The molecule has 5 rings (SSSR count). The largest absolute Gasteiger partial charge is 0.342 e. The highest BCUT2D eigenvalue weighted by Crippen LogP contribution is 2.35. The molecule has 1 saturated heterocycles. The summed E-state index contributed by atoms with van der Waals surface area (Å²) in [5.41, 5.74) is 6.45. The maximum absolute atomic E-state index is 13.3. The Kier molecular flexibility index (Phi) is 5.95. The van der Waals surface area contributed by atoms with Crippen molar-refractivity contribution in [2.75, 3.05) is 18.4 Å². The summed E-state index contributed by atoms with van der Waals surface area (Å²) in [6, 6.07) is 22.6. The second-order valence-electron chi connectivity index (χ2n) is 9.20. The first-order valence-corrected chi connectivity index (χ1v) is 11.8. The number of hydrogen-bond donors (Lipinski definition) is 1. The molecule has 168 valence electrons. The molecular formula is C28H29N3O2. The Bertz CT molecular complexity index is 1170. The summed E-state index contributed by atoms with van der Waals surface area (Å²) in [6.45, 7) is 3.46. The number of benzene rings is 2. The first kappa shape index (κ1) is 21.4. The Morgan fingerprint density at radius 2 is 1.73 bits per heavy atom. The maximum Gasteiger partial charge on any atom is 0.230 e. The molecule has 1 fully saturated rings. The quantitative estimate of drug-likeness (QED) is 0.634. The number of aromatic nitrogens is 1. The lowest BCUT2D eigenvalue weighted by molar-refractivity contribution is -0.135. The van der Waals surface area contributed by atoms with Gasteiger partial charge in [-0.3, -0.25) is 14.6 Å². The molecule has 2 aliphatic heterocycles. The molecular weight excluding hydrogens is 410 g/mol. The van der Waals surface area contributed by atoms with Gasteiger partial charge in [0.2, 0.25) is 11.8 Å². The third-order valence-corrected chi connectivity index (χ3v) is 6.81. The molecule has 0 unspecified atom stereocenters. The molecule has 0 radical (unpaired) electrons. The average Bonchev–Trinajstić information content (AvgIpc) is 2.83. The summed E-state index contributed by atoms with van der Waals surface area (Å²) in [6.07, 6.45) is 2.91. The van der Waals surface area contributed by atoms with E-state index in [1.54, 1.807) is 0 Å². The summed E-state index contributed by atoms with van der Waals surface area (Å²) in [5.74, 6) is -0.0546. The molecule has 0 saturated carbocycles. The number of carbonyl (C=O) groups excluding carboxylic acids is 2. The SMILES string of the molecule is Cc1cc(Cc2ccccc2)cc(C2CCN(C(=O)[C@@H]3CC(=O)Nc4ccccc43)CC2)n1. The highest BCUT2D eigenvalue weighted by Gasteiger charge is 2.35. The van der Waals surface area contributed by atoms with Crippen molar-refractivity contribution in [1.82, 2.24) is 9.88 Å². The van der Waals surface area contributed by atoms with Crippen LogP contribution in [0.3, 0.4) is 0 Å². The monoisotopic (exact) mass is 439 g/mol. The number of amides is 2. The summed E-state index contributed by atoms with van der Waals surface area (Å²) < 4.78 is 0. The normalized spacial score (nSPS) is 18.5. The number of rotatable bonds is 4. The third-order valence-electron chi connectivity index (χ3n) is 6.81. The minimum atomic E-state index is -0.388. The Balaban J connectivity index is 1.27. The topological polar surface area (TPSA) is 62.3 Å². The molecule has 1 N–H and O–H groups in total. The number of likely N-dealkylation sites (tertiary alicyclic amines) is 1. The number of fused-ring (bicyclic) bond motifs is 1. The molecule has 0 aliphatic carbocycles. The lowest BCUT2D eigenvalue weighted by Gasteiger charge is -2.35. The minimum Gasteiger partial charge on any atom is -0.342 e. The summed E-state index contributed by atoms with van der Waals surface area (Å²) in [7, 11) is 0. The van der Waals surface area contributed by atoms with Crippen LogP contribution in [0.2, 0.25) is 0 Å². The van der Waals surface area contributed by atoms with Crippen molar-refractivity contribution in [3.8, 4) is 0 Å². The van der Waals surface area contributed by atoms with Crippen LogP contribution in [0, 0.1) is 6.92 Å². The van der Waals surface area contributed by atoms with Crippen molar-refractivity contribution in [2.45, 2.75) is 44.4 Å². The molecule has 3 heterocycles. The zero-order chi connectivity index (χ0) is 22.8. The predicted molar refractivity (Wildman–Crippen MR) is 129 cm³/mol. The molecule has 1 atom stereocenters. The molecule has 2 aliphatic rings. The first-order valence-electron chi connectivity index (χ1n) is 11.8. The number of para-hydroxylation sites is 1. The second kappa shape index (κ2) is 9.18. The molecule has 2 amide bonds. The Morgan fingerprint density at radius 3 is 2.52 bits per heavy atom. The van der Waals surface area contributed by atoms with Crippen molar-refractivity contribution in [3.63, 3.8) is 0 Å². The third kappa shape index (κ3) is 4.68. The number of piperidine rings is 1. The van der Waals surface area contributed by atoms with Crippen molar-refractivity contribution >= 4 is 17.5 Å². The van der Waals surface area contributed by atoms with Gasteiger partial charge in [0.1, 0.15) is 0 Å². The Morgan fingerprint density at radius 1 is 1.00 bits per heavy atom. The van der Waals surface area contributed by atoms with Crippen molar-refractivity contribution < 1.29 is 9.59 Å². The predicted octanol–water partition coefficient (Wildman–Crippen LogP) is 4.81. The number of pyridine rings is 1. The minimum absolute atomic E-state index is 0.0673. The van der Waals surface area contributed by atoms with Crippen LogP contribution in [0.4, 0.5) is 5.69 Å². The zero-order valence-corrected chi connectivity index (χ0v) is 19.0. The average molecular weight is 440 g/mol. The van der Waals surface area contributed by atoms with Crippen LogP contribution >= 0.6 is 0 Å². The summed E-state index contributed by atoms with van der Waals surface area (Å²) in [5, 5.41) is 2.89. The van der Waals surface area contributed by atoms with E-state index >= 15 is 0 Å². The lowest BCUT2D eigenvalue weighted by atomic mass is 9.87. The van der Waals surface area contributed by atoms with E-state index in [0.717, 1.165) is 41.9 Å². The van der Waals surface area contributed by atoms with Gasteiger partial charge in [0, 0.05) is 42.5 Å². The molecule has 5 heteroatoms. The van der Waals surface area contributed by atoms with E-state index in [1.807, 2.05) is 35.2 Å². The molecule has 5 nitrogen and oxygen atoms in total. The molecule has 0 spiro atoms. The molecule has 0 bridgehead atoms. The highest BCUT2D eigenvalue weighted by atomic mass is 16.2. The van der Waals surface area contributed by atoms with E-state index in [4.69, 9.17) is 4.98 Å². The van der Waals surface area contributed by atoms with E-state index in [-0.39, 0.29) is 24.2 Å². The first-order chi connectivity index (χ1) is 16.1. The van der Waals surface area contributed by atoms with Crippen LogP contribution < -0.4 is 5.32 Å². The van der Waals surface area contributed by atoms with Gasteiger partial charge in [-0.2, -0.15) is 0 Å². The van der Waals surface area contributed by atoms with Crippen LogP contribution in [0.5, 0.6) is 0 Å². The number of aryl methyl sites for hydroxylation is 1. The van der Waals surface area contributed by atoms with Gasteiger partial charge in [0.05, 0.1) is 5.92 Å². The maximum atomic E-state index is 13.3. The van der Waals surface area contributed by atoms with Gasteiger partial charge in [0.15, 0.2) is 0 Å². The summed E-state index contributed by atoms with van der Waals surface area (Å²) >= 11 is 0. The van der Waals surface area contributed by atoms with Crippen LogP contribution in [-0.4, -0.2) is 34.8 Å². The molecule has 1 aromatic heterocycles.